The molecule has 0 aromatic heterocycles. The second-order valence-electron chi connectivity index (χ2n) is 6.47. The van der Waals surface area contributed by atoms with Crippen molar-refractivity contribution in [3.8, 4) is 0 Å². The van der Waals surface area contributed by atoms with E-state index >= 15 is 0 Å². The van der Waals surface area contributed by atoms with E-state index in [0.717, 1.165) is 40.0 Å². The van der Waals surface area contributed by atoms with Gasteiger partial charge in [0.15, 0.2) is 0 Å². The summed E-state index contributed by atoms with van der Waals surface area (Å²) in [7, 11) is 0. The number of aryl methyl sites for hydroxylation is 4. The van der Waals surface area contributed by atoms with Crippen molar-refractivity contribution in [2.24, 2.45) is 0 Å². The summed E-state index contributed by atoms with van der Waals surface area (Å²) in [4.78, 5) is 26.3. The number of hydrogen-bond donors (Lipinski definition) is 1. The first kappa shape index (κ1) is 18.7. The summed E-state index contributed by atoms with van der Waals surface area (Å²) in [6, 6.07) is 11.8. The zero-order chi connectivity index (χ0) is 18.6. The zero-order valence-corrected chi connectivity index (χ0v) is 15.6. The Morgan fingerprint density at radius 2 is 1.68 bits per heavy atom. The molecular weight excluding hydrogens is 312 g/mol. The molecule has 2 aromatic carbocycles. The van der Waals surface area contributed by atoms with Gasteiger partial charge in [-0.3, -0.25) is 9.59 Å². The maximum absolute atomic E-state index is 12.5. The van der Waals surface area contributed by atoms with E-state index in [1.165, 1.54) is 6.92 Å². The minimum Gasteiger partial charge on any atom is -0.325 e. The van der Waals surface area contributed by atoms with Gasteiger partial charge in [-0.2, -0.15) is 0 Å². The highest BCUT2D eigenvalue weighted by Crippen LogP contribution is 2.26. The lowest BCUT2D eigenvalue weighted by Gasteiger charge is -2.25. The first-order valence-electron chi connectivity index (χ1n) is 8.56. The largest absolute Gasteiger partial charge is 0.325 e. The van der Waals surface area contributed by atoms with Crippen LogP contribution >= 0.6 is 0 Å². The van der Waals surface area contributed by atoms with Gasteiger partial charge < -0.3 is 10.2 Å². The van der Waals surface area contributed by atoms with Crippen LogP contribution in [0.2, 0.25) is 0 Å². The van der Waals surface area contributed by atoms with Gasteiger partial charge in [0.1, 0.15) is 6.54 Å². The summed E-state index contributed by atoms with van der Waals surface area (Å²) in [5, 5.41) is 2.90. The van der Waals surface area contributed by atoms with Gasteiger partial charge in [-0.1, -0.05) is 31.2 Å². The summed E-state index contributed by atoms with van der Waals surface area (Å²) >= 11 is 0. The molecule has 0 spiro atoms. The van der Waals surface area contributed by atoms with Crippen molar-refractivity contribution >= 4 is 23.2 Å². The molecule has 132 valence electrons. The highest BCUT2D eigenvalue weighted by molar-refractivity contribution is 6.02. The average Bonchev–Trinajstić information content (AvgIpc) is 2.51. The summed E-state index contributed by atoms with van der Waals surface area (Å²) in [5.74, 6) is -0.343. The zero-order valence-electron chi connectivity index (χ0n) is 15.6. The second-order valence-corrected chi connectivity index (χ2v) is 6.47. The fourth-order valence-electron chi connectivity index (χ4n) is 3.13. The Hall–Kier alpha value is -2.62. The van der Waals surface area contributed by atoms with E-state index in [9.17, 15) is 9.59 Å². The second kappa shape index (κ2) is 7.97. The van der Waals surface area contributed by atoms with Gasteiger partial charge in [0, 0.05) is 12.6 Å². The third-order valence-corrected chi connectivity index (χ3v) is 4.16. The van der Waals surface area contributed by atoms with Crippen LogP contribution in [0.1, 0.15) is 36.1 Å². The number of nitrogens with zero attached hydrogens (tertiary/aromatic N) is 1. The number of benzene rings is 2. The normalized spacial score (nSPS) is 10.4. The van der Waals surface area contributed by atoms with E-state index in [2.05, 4.69) is 11.4 Å². The van der Waals surface area contributed by atoms with E-state index in [1.54, 1.807) is 4.90 Å². The van der Waals surface area contributed by atoms with Crippen molar-refractivity contribution in [1.29, 1.82) is 0 Å². The van der Waals surface area contributed by atoms with Crippen LogP contribution in [0.5, 0.6) is 0 Å². The molecule has 0 bridgehead atoms. The molecule has 2 aromatic rings. The fourth-order valence-corrected chi connectivity index (χ4v) is 3.13. The Morgan fingerprint density at radius 3 is 2.24 bits per heavy atom. The molecule has 4 nitrogen and oxygen atoms in total. The SMILES string of the molecule is CCc1cccc(C)c1N(CC(=O)Nc1cc(C)cc(C)c1)C(C)=O. The number of anilines is 2. The van der Waals surface area contributed by atoms with E-state index in [-0.39, 0.29) is 18.4 Å². The molecule has 25 heavy (non-hydrogen) atoms. The highest BCUT2D eigenvalue weighted by atomic mass is 16.2. The predicted octanol–water partition coefficient (Wildman–Crippen LogP) is 4.17. The molecule has 1 N–H and O–H groups in total. The number of hydrogen-bond acceptors (Lipinski definition) is 2. The Balaban J connectivity index is 2.25. The molecule has 0 aliphatic rings. The number of nitrogens with one attached hydrogen (secondary N) is 1. The Kier molecular flexibility index (Phi) is 5.97. The molecule has 0 saturated heterocycles. The predicted molar refractivity (Wildman–Crippen MR) is 103 cm³/mol. The number of para-hydroxylation sites is 1. The van der Waals surface area contributed by atoms with Gasteiger partial charge in [-0.05, 0) is 61.6 Å². The molecular formula is C21H26N2O2. The lowest BCUT2D eigenvalue weighted by Crippen LogP contribution is -2.37. The highest BCUT2D eigenvalue weighted by Gasteiger charge is 2.20. The third kappa shape index (κ3) is 4.69. The lowest BCUT2D eigenvalue weighted by atomic mass is 10.0. The third-order valence-electron chi connectivity index (χ3n) is 4.16. The molecule has 0 aliphatic heterocycles. The molecule has 2 rings (SSSR count). The molecule has 2 amide bonds. The molecule has 0 radical (unpaired) electrons. The molecule has 4 heteroatoms. The molecule has 0 aliphatic carbocycles. The summed E-state index contributed by atoms with van der Waals surface area (Å²) < 4.78 is 0. The lowest BCUT2D eigenvalue weighted by molar-refractivity contribution is -0.120. The van der Waals surface area contributed by atoms with Crippen LogP contribution < -0.4 is 10.2 Å². The average molecular weight is 338 g/mol. The van der Waals surface area contributed by atoms with Gasteiger partial charge in [-0.25, -0.2) is 0 Å². The summed E-state index contributed by atoms with van der Waals surface area (Å²) in [6.45, 7) is 9.49. The van der Waals surface area contributed by atoms with Crippen LogP contribution in [0.3, 0.4) is 0 Å². The van der Waals surface area contributed by atoms with Crippen LogP contribution in [0, 0.1) is 20.8 Å². The molecule has 0 unspecified atom stereocenters. The number of carbonyl (C=O) groups excluding carboxylic acids is 2. The first-order valence-corrected chi connectivity index (χ1v) is 8.56. The Bertz CT molecular complexity index is 776. The van der Waals surface area contributed by atoms with Crippen LogP contribution in [0.4, 0.5) is 11.4 Å². The van der Waals surface area contributed by atoms with E-state index < -0.39 is 0 Å². The van der Waals surface area contributed by atoms with Crippen molar-refractivity contribution in [1.82, 2.24) is 0 Å². The van der Waals surface area contributed by atoms with Crippen molar-refractivity contribution in [3.63, 3.8) is 0 Å². The molecule has 0 atom stereocenters. The number of rotatable bonds is 5. The minimum atomic E-state index is -0.203. The molecule has 0 heterocycles. The van der Waals surface area contributed by atoms with Crippen LogP contribution in [-0.4, -0.2) is 18.4 Å². The summed E-state index contributed by atoms with van der Waals surface area (Å²) in [6.07, 6.45) is 0.805. The monoisotopic (exact) mass is 338 g/mol. The molecule has 0 fully saturated rings. The standard InChI is InChI=1S/C21H26N2O2/c1-6-18-9-7-8-16(4)21(18)23(17(5)24)13-20(25)22-19-11-14(2)10-15(3)12-19/h7-12H,6,13H2,1-5H3,(H,22,25). The van der Waals surface area contributed by atoms with Crippen molar-refractivity contribution in [2.45, 2.75) is 41.0 Å². The number of carbonyl (C=O) groups is 2. The summed E-state index contributed by atoms with van der Waals surface area (Å²) in [5.41, 5.74) is 5.83. The van der Waals surface area contributed by atoms with Crippen LogP contribution in [-0.2, 0) is 16.0 Å². The smallest absolute Gasteiger partial charge is 0.244 e. The van der Waals surface area contributed by atoms with Crippen molar-refractivity contribution in [3.05, 3.63) is 58.7 Å². The maximum atomic E-state index is 12.5. The van der Waals surface area contributed by atoms with Crippen LogP contribution in [0.25, 0.3) is 0 Å². The van der Waals surface area contributed by atoms with E-state index in [1.807, 2.05) is 58.0 Å². The maximum Gasteiger partial charge on any atom is 0.244 e. The quantitative estimate of drug-likeness (QED) is 0.889. The Labute approximate surface area is 149 Å². The van der Waals surface area contributed by atoms with Crippen molar-refractivity contribution < 1.29 is 9.59 Å². The molecule has 0 saturated carbocycles. The number of amides is 2. The Morgan fingerprint density at radius 1 is 1.04 bits per heavy atom. The van der Waals surface area contributed by atoms with E-state index in [0.29, 0.717) is 0 Å². The van der Waals surface area contributed by atoms with Gasteiger partial charge in [-0.15, -0.1) is 0 Å². The van der Waals surface area contributed by atoms with Crippen LogP contribution in [0.15, 0.2) is 36.4 Å². The van der Waals surface area contributed by atoms with Gasteiger partial charge in [0.25, 0.3) is 0 Å². The van der Waals surface area contributed by atoms with E-state index in [4.69, 9.17) is 0 Å². The van der Waals surface area contributed by atoms with Crippen molar-refractivity contribution in [2.75, 3.05) is 16.8 Å². The minimum absolute atomic E-state index is 0.000175. The fraction of sp³-hybridized carbons (Fsp3) is 0.333. The van der Waals surface area contributed by atoms with Gasteiger partial charge in [0.05, 0.1) is 5.69 Å². The van der Waals surface area contributed by atoms with Gasteiger partial charge >= 0.3 is 0 Å². The first-order chi connectivity index (χ1) is 11.8. The van der Waals surface area contributed by atoms with Gasteiger partial charge in [0.2, 0.25) is 11.8 Å². The topological polar surface area (TPSA) is 49.4 Å².